The molecule has 0 atom stereocenters. The van der Waals surface area contributed by atoms with E-state index in [9.17, 15) is 0 Å². The van der Waals surface area contributed by atoms with Gasteiger partial charge in [-0.25, -0.2) is 4.98 Å². The molecule has 0 unspecified atom stereocenters. The summed E-state index contributed by atoms with van der Waals surface area (Å²) in [6, 6.07) is 1.90. The van der Waals surface area contributed by atoms with E-state index in [2.05, 4.69) is 29.1 Å². The first-order chi connectivity index (χ1) is 10.2. The van der Waals surface area contributed by atoms with Crippen LogP contribution in [-0.4, -0.2) is 29.7 Å². The van der Waals surface area contributed by atoms with Crippen molar-refractivity contribution >= 4 is 5.82 Å². The van der Waals surface area contributed by atoms with Gasteiger partial charge >= 0.3 is 0 Å². The fraction of sp³-hybridized carbons (Fsp3) is 0.750. The number of rotatable bonds is 7. The van der Waals surface area contributed by atoms with Crippen LogP contribution < -0.4 is 10.1 Å². The standard InChI is InChI=1S/C16H27N3O2/c1-4-9-17-14-10-16(19-15(18-14)11-20-3)21-13-7-5-12(2)6-8-13/h10,12-13H,4-9,11H2,1-3H3,(H,17,18,19). The van der Waals surface area contributed by atoms with Crippen molar-refractivity contribution in [1.82, 2.24) is 9.97 Å². The van der Waals surface area contributed by atoms with Crippen LogP contribution in [-0.2, 0) is 11.3 Å². The molecule has 5 heteroatoms. The Bertz CT molecular complexity index is 432. The Morgan fingerprint density at radius 2 is 2.00 bits per heavy atom. The molecule has 0 spiro atoms. The van der Waals surface area contributed by atoms with Crippen molar-refractivity contribution < 1.29 is 9.47 Å². The molecule has 1 N–H and O–H groups in total. The maximum atomic E-state index is 6.06. The third-order valence-electron chi connectivity index (χ3n) is 3.83. The molecule has 1 aromatic rings. The Morgan fingerprint density at radius 3 is 2.67 bits per heavy atom. The van der Waals surface area contributed by atoms with Crippen molar-refractivity contribution in [1.29, 1.82) is 0 Å². The van der Waals surface area contributed by atoms with Gasteiger partial charge < -0.3 is 14.8 Å². The molecule has 0 saturated heterocycles. The topological polar surface area (TPSA) is 56.3 Å². The van der Waals surface area contributed by atoms with Crippen LogP contribution in [0.4, 0.5) is 5.82 Å². The summed E-state index contributed by atoms with van der Waals surface area (Å²) in [5.41, 5.74) is 0. The molecular weight excluding hydrogens is 266 g/mol. The van der Waals surface area contributed by atoms with E-state index in [1.165, 1.54) is 12.8 Å². The van der Waals surface area contributed by atoms with E-state index < -0.39 is 0 Å². The predicted molar refractivity (Wildman–Crippen MR) is 83.6 cm³/mol. The number of ether oxygens (including phenoxy) is 2. The molecule has 0 radical (unpaired) electrons. The molecule has 1 heterocycles. The van der Waals surface area contributed by atoms with Gasteiger partial charge in [-0.2, -0.15) is 4.98 Å². The van der Waals surface area contributed by atoms with E-state index in [-0.39, 0.29) is 6.10 Å². The summed E-state index contributed by atoms with van der Waals surface area (Å²) in [6.07, 6.45) is 6.04. The highest BCUT2D eigenvalue weighted by atomic mass is 16.5. The van der Waals surface area contributed by atoms with Crippen LogP contribution in [0.5, 0.6) is 5.88 Å². The Hall–Kier alpha value is -1.36. The quantitative estimate of drug-likeness (QED) is 0.835. The van der Waals surface area contributed by atoms with Gasteiger partial charge in [0.05, 0.1) is 0 Å². The maximum absolute atomic E-state index is 6.06. The highest BCUT2D eigenvalue weighted by Crippen LogP contribution is 2.27. The first-order valence-corrected chi connectivity index (χ1v) is 7.98. The monoisotopic (exact) mass is 293 g/mol. The molecule has 1 aliphatic carbocycles. The zero-order valence-electron chi connectivity index (χ0n) is 13.4. The van der Waals surface area contributed by atoms with Crippen molar-refractivity contribution in [2.24, 2.45) is 5.92 Å². The number of hydrogen-bond acceptors (Lipinski definition) is 5. The van der Waals surface area contributed by atoms with Crippen LogP contribution in [0.2, 0.25) is 0 Å². The molecule has 1 aromatic heterocycles. The fourth-order valence-electron chi connectivity index (χ4n) is 2.59. The number of nitrogens with one attached hydrogen (secondary N) is 1. The van der Waals surface area contributed by atoms with Crippen LogP contribution in [0.15, 0.2) is 6.07 Å². The Morgan fingerprint density at radius 1 is 1.24 bits per heavy atom. The Kier molecular flexibility index (Phi) is 6.23. The molecule has 1 saturated carbocycles. The number of methoxy groups -OCH3 is 1. The van der Waals surface area contributed by atoms with E-state index in [4.69, 9.17) is 9.47 Å². The predicted octanol–water partition coefficient (Wildman–Crippen LogP) is 3.40. The van der Waals surface area contributed by atoms with Gasteiger partial charge in [-0.3, -0.25) is 0 Å². The van der Waals surface area contributed by atoms with E-state index in [1.54, 1.807) is 7.11 Å². The number of aromatic nitrogens is 2. The van der Waals surface area contributed by atoms with Gasteiger partial charge in [-0.05, 0) is 38.0 Å². The third kappa shape index (κ3) is 5.16. The minimum atomic E-state index is 0.283. The molecule has 5 nitrogen and oxygen atoms in total. The lowest BCUT2D eigenvalue weighted by Gasteiger charge is -2.26. The van der Waals surface area contributed by atoms with Gasteiger partial charge in [-0.15, -0.1) is 0 Å². The molecule has 0 bridgehead atoms. The zero-order chi connectivity index (χ0) is 15.1. The van der Waals surface area contributed by atoms with Crippen LogP contribution in [0.3, 0.4) is 0 Å². The number of nitrogens with zero attached hydrogens (tertiary/aromatic N) is 2. The summed E-state index contributed by atoms with van der Waals surface area (Å²) in [4.78, 5) is 8.88. The number of hydrogen-bond donors (Lipinski definition) is 1. The molecule has 118 valence electrons. The summed E-state index contributed by atoms with van der Waals surface area (Å²) < 4.78 is 11.2. The average Bonchev–Trinajstić information content (AvgIpc) is 2.48. The molecule has 0 aliphatic heterocycles. The van der Waals surface area contributed by atoms with Crippen molar-refractivity contribution in [2.45, 2.75) is 58.7 Å². The normalized spacial score (nSPS) is 22.0. The molecule has 1 aliphatic rings. The van der Waals surface area contributed by atoms with Gasteiger partial charge in [0.15, 0.2) is 5.82 Å². The lowest BCUT2D eigenvalue weighted by molar-refractivity contribution is 0.127. The van der Waals surface area contributed by atoms with Gasteiger partial charge in [0.25, 0.3) is 0 Å². The smallest absolute Gasteiger partial charge is 0.219 e. The Balaban J connectivity index is 2.03. The first-order valence-electron chi connectivity index (χ1n) is 7.98. The highest BCUT2D eigenvalue weighted by molar-refractivity contribution is 5.38. The van der Waals surface area contributed by atoms with Gasteiger partial charge in [0.1, 0.15) is 18.5 Å². The molecule has 0 amide bonds. The lowest BCUT2D eigenvalue weighted by atomic mass is 9.89. The van der Waals surface area contributed by atoms with Crippen molar-refractivity contribution in [2.75, 3.05) is 19.0 Å². The second kappa shape index (κ2) is 8.17. The minimum absolute atomic E-state index is 0.283. The van der Waals surface area contributed by atoms with Crippen LogP contribution in [0, 0.1) is 5.92 Å². The second-order valence-electron chi connectivity index (χ2n) is 5.87. The summed E-state index contributed by atoms with van der Waals surface area (Å²) in [6.45, 7) is 5.73. The van der Waals surface area contributed by atoms with Crippen LogP contribution >= 0.6 is 0 Å². The summed E-state index contributed by atoms with van der Waals surface area (Å²) >= 11 is 0. The van der Waals surface area contributed by atoms with E-state index in [0.29, 0.717) is 18.3 Å². The van der Waals surface area contributed by atoms with Gasteiger partial charge in [0.2, 0.25) is 5.88 Å². The third-order valence-corrected chi connectivity index (χ3v) is 3.83. The molecule has 1 fully saturated rings. The highest BCUT2D eigenvalue weighted by Gasteiger charge is 2.20. The summed E-state index contributed by atoms with van der Waals surface area (Å²) in [5, 5.41) is 3.29. The second-order valence-corrected chi connectivity index (χ2v) is 5.87. The molecule has 2 rings (SSSR count). The lowest BCUT2D eigenvalue weighted by Crippen LogP contribution is -2.23. The largest absolute Gasteiger partial charge is 0.474 e. The zero-order valence-corrected chi connectivity index (χ0v) is 13.4. The van der Waals surface area contributed by atoms with Crippen molar-refractivity contribution in [3.63, 3.8) is 0 Å². The first kappa shape index (κ1) is 16.0. The van der Waals surface area contributed by atoms with E-state index in [0.717, 1.165) is 37.5 Å². The van der Waals surface area contributed by atoms with Gasteiger partial charge in [-0.1, -0.05) is 13.8 Å². The summed E-state index contributed by atoms with van der Waals surface area (Å²) in [7, 11) is 1.65. The molecule has 21 heavy (non-hydrogen) atoms. The van der Waals surface area contributed by atoms with Crippen molar-refractivity contribution in [3.05, 3.63) is 11.9 Å². The maximum Gasteiger partial charge on any atom is 0.219 e. The molecule has 0 aromatic carbocycles. The van der Waals surface area contributed by atoms with Crippen LogP contribution in [0.25, 0.3) is 0 Å². The molecular formula is C16H27N3O2. The SMILES string of the molecule is CCCNc1cc(OC2CCC(C)CC2)nc(COC)n1. The summed E-state index contributed by atoms with van der Waals surface area (Å²) in [5.74, 6) is 2.96. The van der Waals surface area contributed by atoms with Crippen molar-refractivity contribution in [3.8, 4) is 5.88 Å². The fourth-order valence-corrected chi connectivity index (χ4v) is 2.59. The number of anilines is 1. The Labute approximate surface area is 127 Å². The van der Waals surface area contributed by atoms with E-state index >= 15 is 0 Å². The van der Waals surface area contributed by atoms with Crippen LogP contribution in [0.1, 0.15) is 51.8 Å². The average molecular weight is 293 g/mol. The van der Waals surface area contributed by atoms with Gasteiger partial charge in [0, 0.05) is 19.7 Å². The minimum Gasteiger partial charge on any atom is -0.474 e. The van der Waals surface area contributed by atoms with E-state index in [1.807, 2.05) is 6.07 Å².